The molecule has 1 rings (SSSR count). The van der Waals surface area contributed by atoms with Crippen LogP contribution in [0.3, 0.4) is 0 Å². The summed E-state index contributed by atoms with van der Waals surface area (Å²) in [5.41, 5.74) is 0.243. The molecule has 6 nitrogen and oxygen atoms in total. The molecule has 0 aromatic carbocycles. The number of amides is 1. The van der Waals surface area contributed by atoms with Gasteiger partial charge < -0.3 is 15.5 Å². The van der Waals surface area contributed by atoms with Gasteiger partial charge in [-0.25, -0.2) is 4.98 Å². The van der Waals surface area contributed by atoms with E-state index in [0.29, 0.717) is 5.56 Å². The fourth-order valence-electron chi connectivity index (χ4n) is 1.08. The van der Waals surface area contributed by atoms with E-state index in [1.807, 2.05) is 0 Å². The maximum atomic E-state index is 11.4. The van der Waals surface area contributed by atoms with Crippen LogP contribution in [-0.2, 0) is 4.79 Å². The number of carboxylic acid groups (broad SMARTS) is 1. The van der Waals surface area contributed by atoms with E-state index in [4.69, 9.17) is 5.11 Å². The molecule has 0 spiro atoms. The molecule has 1 aromatic rings. The molecule has 3 N–H and O–H groups in total. The molecule has 0 aliphatic carbocycles. The van der Waals surface area contributed by atoms with Crippen molar-refractivity contribution in [2.24, 2.45) is 0 Å². The summed E-state index contributed by atoms with van der Waals surface area (Å²) >= 11 is 0. The summed E-state index contributed by atoms with van der Waals surface area (Å²) in [6.07, 6.45) is 1.33. The van der Waals surface area contributed by atoms with Crippen LogP contribution in [0.4, 0.5) is 0 Å². The first-order valence-corrected chi connectivity index (χ1v) is 4.66. The van der Waals surface area contributed by atoms with Crippen molar-refractivity contribution in [2.75, 3.05) is 6.54 Å². The zero-order valence-electron chi connectivity index (χ0n) is 9.02. The smallest absolute Gasteiger partial charge is 0.322 e. The molecule has 0 saturated carbocycles. The molecule has 0 radical (unpaired) electrons. The van der Waals surface area contributed by atoms with Gasteiger partial charge in [0, 0.05) is 11.8 Å². The number of carbonyl (C=O) groups excluding carboxylic acids is 1. The lowest BCUT2D eigenvalue weighted by atomic mass is 10.2. The van der Waals surface area contributed by atoms with E-state index < -0.39 is 18.4 Å². The second-order valence-corrected chi connectivity index (χ2v) is 3.04. The summed E-state index contributed by atoms with van der Waals surface area (Å²) in [4.78, 5) is 25.4. The zero-order chi connectivity index (χ0) is 12.8. The minimum Gasteiger partial charge on any atom is -0.505 e. The Hall–Kier alpha value is -2.55. The van der Waals surface area contributed by atoms with Gasteiger partial charge in [0.15, 0.2) is 5.69 Å². The van der Waals surface area contributed by atoms with E-state index in [2.05, 4.69) is 22.1 Å². The predicted octanol–water partition coefficient (Wildman–Crippen LogP) is -0.0270. The van der Waals surface area contributed by atoms with E-state index >= 15 is 0 Å². The van der Waals surface area contributed by atoms with Crippen LogP contribution in [0.1, 0.15) is 23.0 Å². The van der Waals surface area contributed by atoms with Crippen molar-refractivity contribution in [1.29, 1.82) is 0 Å². The highest BCUT2D eigenvalue weighted by Crippen LogP contribution is 2.15. The highest BCUT2D eigenvalue weighted by molar-refractivity contribution is 5.96. The van der Waals surface area contributed by atoms with Crippen LogP contribution in [0, 0.1) is 11.8 Å². The van der Waals surface area contributed by atoms with Crippen LogP contribution in [0.25, 0.3) is 0 Å². The number of nitrogens with zero attached hydrogens (tertiary/aromatic N) is 1. The van der Waals surface area contributed by atoms with Gasteiger partial charge in [-0.1, -0.05) is 5.92 Å². The van der Waals surface area contributed by atoms with Crippen LogP contribution in [0.5, 0.6) is 5.75 Å². The van der Waals surface area contributed by atoms with E-state index in [0.717, 1.165) is 0 Å². The van der Waals surface area contributed by atoms with Gasteiger partial charge >= 0.3 is 5.97 Å². The first-order valence-electron chi connectivity index (χ1n) is 4.66. The van der Waals surface area contributed by atoms with Crippen molar-refractivity contribution in [1.82, 2.24) is 10.3 Å². The third kappa shape index (κ3) is 3.50. The Morgan fingerprint density at radius 3 is 2.76 bits per heavy atom. The molecule has 1 aromatic heterocycles. The number of aliphatic carboxylic acids is 1. The SMILES string of the molecule is CC#Cc1cnc(C(=O)NCC(=O)O)c(O)c1. The number of pyridine rings is 1. The summed E-state index contributed by atoms with van der Waals surface area (Å²) in [5.74, 6) is 3.02. The summed E-state index contributed by atoms with van der Waals surface area (Å²) < 4.78 is 0. The van der Waals surface area contributed by atoms with E-state index in [1.165, 1.54) is 12.3 Å². The van der Waals surface area contributed by atoms with Crippen LogP contribution >= 0.6 is 0 Å². The van der Waals surface area contributed by atoms with Gasteiger partial charge in [-0.3, -0.25) is 9.59 Å². The Labute approximate surface area is 97.3 Å². The molecule has 0 unspecified atom stereocenters. The highest BCUT2D eigenvalue weighted by atomic mass is 16.4. The van der Waals surface area contributed by atoms with E-state index in [9.17, 15) is 14.7 Å². The van der Waals surface area contributed by atoms with E-state index in [1.54, 1.807) is 6.92 Å². The monoisotopic (exact) mass is 234 g/mol. The third-order valence-corrected chi connectivity index (χ3v) is 1.75. The number of hydrogen-bond donors (Lipinski definition) is 3. The number of carboxylic acids is 1. The van der Waals surface area contributed by atoms with Crippen LogP contribution in [0.2, 0.25) is 0 Å². The molecule has 0 atom stereocenters. The van der Waals surface area contributed by atoms with Gasteiger partial charge in [-0.2, -0.15) is 0 Å². The number of aromatic hydroxyl groups is 1. The lowest BCUT2D eigenvalue weighted by Gasteiger charge is -2.03. The fourth-order valence-corrected chi connectivity index (χ4v) is 1.08. The second-order valence-electron chi connectivity index (χ2n) is 3.04. The Bertz CT molecular complexity index is 514. The highest BCUT2D eigenvalue weighted by Gasteiger charge is 2.13. The molecule has 0 saturated heterocycles. The minimum atomic E-state index is -1.17. The molecule has 1 amide bonds. The van der Waals surface area contributed by atoms with Crippen molar-refractivity contribution in [3.63, 3.8) is 0 Å². The van der Waals surface area contributed by atoms with Crippen molar-refractivity contribution < 1.29 is 19.8 Å². The second kappa shape index (κ2) is 5.51. The molecule has 88 valence electrons. The molecule has 6 heteroatoms. The molecule has 0 aliphatic rings. The topological polar surface area (TPSA) is 99.5 Å². The van der Waals surface area contributed by atoms with Crippen molar-refractivity contribution in [2.45, 2.75) is 6.92 Å². The van der Waals surface area contributed by atoms with Gasteiger partial charge in [-0.05, 0) is 13.0 Å². The zero-order valence-corrected chi connectivity index (χ0v) is 9.02. The number of hydrogen-bond acceptors (Lipinski definition) is 4. The molecule has 1 heterocycles. The molecule has 0 bridgehead atoms. The number of aromatic nitrogens is 1. The van der Waals surface area contributed by atoms with Crippen molar-refractivity contribution >= 4 is 11.9 Å². The van der Waals surface area contributed by atoms with Gasteiger partial charge in [0.25, 0.3) is 5.91 Å². The van der Waals surface area contributed by atoms with Gasteiger partial charge in [0.2, 0.25) is 0 Å². The third-order valence-electron chi connectivity index (χ3n) is 1.75. The normalized spacial score (nSPS) is 9.00. The summed E-state index contributed by atoms with van der Waals surface area (Å²) in [7, 11) is 0. The molecule has 0 aliphatic heterocycles. The number of rotatable bonds is 3. The number of carbonyl (C=O) groups is 2. The summed E-state index contributed by atoms with van der Waals surface area (Å²) in [6.45, 7) is 1.10. The molecule has 0 fully saturated rings. The van der Waals surface area contributed by atoms with Gasteiger partial charge in [0.05, 0.1) is 0 Å². The lowest BCUT2D eigenvalue weighted by molar-refractivity contribution is -0.135. The predicted molar refractivity (Wildman–Crippen MR) is 58.4 cm³/mol. The molecule has 17 heavy (non-hydrogen) atoms. The minimum absolute atomic E-state index is 0.229. The van der Waals surface area contributed by atoms with Crippen molar-refractivity contribution in [3.05, 3.63) is 23.5 Å². The van der Waals surface area contributed by atoms with Crippen LogP contribution < -0.4 is 5.32 Å². The first kappa shape index (κ1) is 12.5. The Morgan fingerprint density at radius 2 is 2.24 bits per heavy atom. The maximum Gasteiger partial charge on any atom is 0.322 e. The van der Waals surface area contributed by atoms with E-state index in [-0.39, 0.29) is 11.4 Å². The first-order chi connectivity index (χ1) is 8.04. The summed E-state index contributed by atoms with van der Waals surface area (Å²) in [5, 5.41) is 20.0. The molecular formula is C11H10N2O4. The van der Waals surface area contributed by atoms with Crippen LogP contribution in [0.15, 0.2) is 12.3 Å². The number of nitrogens with one attached hydrogen (secondary N) is 1. The van der Waals surface area contributed by atoms with Crippen LogP contribution in [-0.4, -0.2) is 33.6 Å². The average molecular weight is 234 g/mol. The lowest BCUT2D eigenvalue weighted by Crippen LogP contribution is -2.29. The Morgan fingerprint density at radius 1 is 1.53 bits per heavy atom. The van der Waals surface area contributed by atoms with Gasteiger partial charge in [-0.15, -0.1) is 5.92 Å². The summed E-state index contributed by atoms with van der Waals surface area (Å²) in [6, 6.07) is 1.29. The fraction of sp³-hybridized carbons (Fsp3) is 0.182. The largest absolute Gasteiger partial charge is 0.505 e. The quantitative estimate of drug-likeness (QED) is 0.638. The maximum absolute atomic E-state index is 11.4. The average Bonchev–Trinajstić information content (AvgIpc) is 2.26. The van der Waals surface area contributed by atoms with Crippen molar-refractivity contribution in [3.8, 4) is 17.6 Å². The standard InChI is InChI=1S/C11H10N2O4/c1-2-3-7-4-8(14)10(12-5-7)11(17)13-6-9(15)16/h4-5,14H,6H2,1H3,(H,13,17)(H,15,16). The van der Waals surface area contributed by atoms with Gasteiger partial charge in [0.1, 0.15) is 12.3 Å². The molecular weight excluding hydrogens is 224 g/mol. The Balaban J connectivity index is 2.87. The Kier molecular flexibility index (Phi) is 4.06.